The van der Waals surface area contributed by atoms with Gasteiger partial charge in [0, 0.05) is 11.8 Å². The lowest BCUT2D eigenvalue weighted by Crippen LogP contribution is -2.40. The number of anilines is 1. The molecule has 1 atom stereocenters. The van der Waals surface area contributed by atoms with Gasteiger partial charge in [0.1, 0.15) is 5.76 Å². The molecule has 42 heavy (non-hydrogen) atoms. The van der Waals surface area contributed by atoms with E-state index in [9.17, 15) is 9.59 Å². The molecule has 0 unspecified atom stereocenters. The minimum absolute atomic E-state index is 0.234. The highest BCUT2D eigenvalue weighted by Gasteiger charge is 2.32. The van der Waals surface area contributed by atoms with E-state index in [2.05, 4.69) is 10.3 Å². The van der Waals surface area contributed by atoms with Gasteiger partial charge in [-0.2, -0.15) is 0 Å². The molecule has 1 aliphatic rings. The normalized spacial score (nSPS) is 15.1. The molecule has 0 spiro atoms. The number of benzene rings is 3. The maximum absolute atomic E-state index is 13.9. The van der Waals surface area contributed by atoms with Crippen molar-refractivity contribution in [1.29, 1.82) is 0 Å². The number of nitrogens with zero attached hydrogens (tertiary/aromatic N) is 3. The summed E-state index contributed by atoms with van der Waals surface area (Å²) in [6.07, 6.45) is 1.73. The van der Waals surface area contributed by atoms with Gasteiger partial charge in [-0.05, 0) is 60.6 Å². The lowest BCUT2D eigenvalue weighted by molar-refractivity contribution is -0.113. The average Bonchev–Trinajstić information content (AvgIpc) is 3.70. The van der Waals surface area contributed by atoms with Gasteiger partial charge in [-0.25, -0.2) is 9.98 Å². The summed E-state index contributed by atoms with van der Waals surface area (Å²) in [5, 5.41) is 3.66. The maximum Gasteiger partial charge on any atom is 0.271 e. The van der Waals surface area contributed by atoms with Gasteiger partial charge in [0.05, 0.1) is 32.1 Å². The lowest BCUT2D eigenvalue weighted by Gasteiger charge is -2.25. The predicted molar refractivity (Wildman–Crippen MR) is 168 cm³/mol. The molecular weight excluding hydrogens is 585 g/mol. The van der Waals surface area contributed by atoms with E-state index >= 15 is 0 Å². The molecule has 3 aromatic carbocycles. The molecule has 7 rings (SSSR count). The average molecular weight is 607 g/mol. The van der Waals surface area contributed by atoms with E-state index in [0.717, 1.165) is 20.1 Å². The Labute approximate surface area is 252 Å². The molecule has 0 aliphatic carbocycles. The summed E-state index contributed by atoms with van der Waals surface area (Å²) in [6, 6.07) is 29.9. The van der Waals surface area contributed by atoms with Crippen LogP contribution < -0.4 is 20.2 Å². The zero-order chi connectivity index (χ0) is 28.6. The Morgan fingerprint density at radius 1 is 0.952 bits per heavy atom. The van der Waals surface area contributed by atoms with Gasteiger partial charge in [-0.3, -0.25) is 14.2 Å². The number of hydrogen-bond donors (Lipinski definition) is 1. The Morgan fingerprint density at radius 3 is 2.48 bits per heavy atom. The molecule has 0 bridgehead atoms. The van der Waals surface area contributed by atoms with Crippen LogP contribution in [0.2, 0.25) is 0 Å². The number of nitrogens with one attached hydrogen (secondary N) is 1. The first-order valence-corrected chi connectivity index (χ1v) is 15.6. The maximum atomic E-state index is 13.9. The van der Waals surface area contributed by atoms with Crippen LogP contribution in [0.25, 0.3) is 16.3 Å². The Morgan fingerprint density at radius 2 is 1.69 bits per heavy atom. The Bertz CT molecular complexity index is 2130. The van der Waals surface area contributed by atoms with Crippen LogP contribution in [0, 0.1) is 0 Å². The molecule has 206 valence electrons. The van der Waals surface area contributed by atoms with E-state index < -0.39 is 6.04 Å². The van der Waals surface area contributed by atoms with Crippen LogP contribution in [0.15, 0.2) is 132 Å². The van der Waals surface area contributed by atoms with Crippen LogP contribution in [0.1, 0.15) is 24.3 Å². The molecule has 1 N–H and O–H groups in total. The second-order valence-corrected chi connectivity index (χ2v) is 12.8. The summed E-state index contributed by atoms with van der Waals surface area (Å²) >= 11 is 4.34. The minimum Gasteiger partial charge on any atom is -0.450 e. The highest BCUT2D eigenvalue weighted by atomic mass is 32.2. The SMILES string of the molecule is CC1=C(C(=O)Nc2ccccc2)[C@@H](c2ccccc2)n2c(s/c(=C\c3ccc(Sc4nc5ccccc5s4)o3)c2=O)=N1. The van der Waals surface area contributed by atoms with E-state index in [4.69, 9.17) is 9.41 Å². The number of carbonyl (C=O) groups is 1. The standard InChI is InChI=1S/C32H22N4O3S3/c1-19-27(29(37)34-21-12-6-3-7-13-21)28(20-10-4-2-5-11-20)36-30(38)25(40-31(36)33-19)18-22-16-17-26(39-22)42-32-35-23-14-8-9-15-24(23)41-32/h2-18,28H,1H3,(H,34,37)/b25-18-/t28-/m1/s1. The Hall–Kier alpha value is -4.51. The summed E-state index contributed by atoms with van der Waals surface area (Å²) in [5.74, 6) is 0.256. The highest BCUT2D eigenvalue weighted by molar-refractivity contribution is 8.01. The van der Waals surface area contributed by atoms with E-state index in [1.54, 1.807) is 22.0 Å². The largest absolute Gasteiger partial charge is 0.450 e. The minimum atomic E-state index is -0.630. The Kier molecular flexibility index (Phi) is 6.94. The summed E-state index contributed by atoms with van der Waals surface area (Å²) in [4.78, 5) is 37.4. The van der Waals surface area contributed by atoms with Gasteiger partial charge < -0.3 is 9.73 Å². The third kappa shape index (κ3) is 5.04. The molecule has 0 fully saturated rings. The summed E-state index contributed by atoms with van der Waals surface area (Å²) in [6.45, 7) is 1.81. The van der Waals surface area contributed by atoms with Crippen LogP contribution in [-0.4, -0.2) is 15.5 Å². The smallest absolute Gasteiger partial charge is 0.271 e. The van der Waals surface area contributed by atoms with E-state index in [1.807, 2.05) is 104 Å². The third-order valence-electron chi connectivity index (χ3n) is 6.75. The van der Waals surface area contributed by atoms with Gasteiger partial charge in [-0.15, -0.1) is 11.3 Å². The molecule has 0 saturated heterocycles. The van der Waals surface area contributed by atoms with Crippen LogP contribution in [0.3, 0.4) is 0 Å². The number of allylic oxidation sites excluding steroid dienone is 1. The number of carbonyl (C=O) groups excluding carboxylic acids is 1. The van der Waals surface area contributed by atoms with E-state index in [0.29, 0.717) is 37.1 Å². The fourth-order valence-corrected chi connectivity index (χ4v) is 7.86. The zero-order valence-corrected chi connectivity index (χ0v) is 24.6. The fourth-order valence-electron chi connectivity index (χ4n) is 4.86. The van der Waals surface area contributed by atoms with Crippen LogP contribution in [0.4, 0.5) is 5.69 Å². The van der Waals surface area contributed by atoms with Gasteiger partial charge in [-0.1, -0.05) is 72.0 Å². The summed E-state index contributed by atoms with van der Waals surface area (Å²) in [7, 11) is 0. The number of para-hydroxylation sites is 2. The topological polar surface area (TPSA) is 89.5 Å². The molecule has 6 aromatic rings. The van der Waals surface area contributed by atoms with E-state index in [-0.39, 0.29) is 11.5 Å². The van der Waals surface area contributed by atoms with Crippen molar-refractivity contribution < 1.29 is 9.21 Å². The lowest BCUT2D eigenvalue weighted by atomic mass is 9.95. The number of rotatable bonds is 6. The quantitative estimate of drug-likeness (QED) is 0.243. The van der Waals surface area contributed by atoms with Crippen molar-refractivity contribution in [3.63, 3.8) is 0 Å². The number of amides is 1. The van der Waals surface area contributed by atoms with E-state index in [1.165, 1.54) is 23.1 Å². The first kappa shape index (κ1) is 26.4. The molecule has 3 aromatic heterocycles. The number of fused-ring (bicyclic) bond motifs is 2. The molecule has 4 heterocycles. The van der Waals surface area contributed by atoms with Gasteiger partial charge in [0.15, 0.2) is 14.2 Å². The number of aromatic nitrogens is 2. The molecule has 10 heteroatoms. The Balaban J connectivity index is 1.25. The monoisotopic (exact) mass is 606 g/mol. The van der Waals surface area contributed by atoms with Crippen LogP contribution in [0.5, 0.6) is 0 Å². The van der Waals surface area contributed by atoms with Crippen LogP contribution in [-0.2, 0) is 4.79 Å². The molecular formula is C32H22N4O3S3. The molecule has 1 amide bonds. The van der Waals surface area contributed by atoms with Crippen molar-refractivity contribution in [3.8, 4) is 0 Å². The zero-order valence-electron chi connectivity index (χ0n) is 22.2. The van der Waals surface area contributed by atoms with Crippen molar-refractivity contribution >= 4 is 62.3 Å². The van der Waals surface area contributed by atoms with Crippen molar-refractivity contribution in [2.24, 2.45) is 4.99 Å². The third-order valence-corrected chi connectivity index (χ3v) is 9.75. The van der Waals surface area contributed by atoms with Crippen molar-refractivity contribution in [3.05, 3.63) is 139 Å². The van der Waals surface area contributed by atoms with Gasteiger partial charge >= 0.3 is 0 Å². The number of furan rings is 1. The molecule has 1 aliphatic heterocycles. The molecule has 0 radical (unpaired) electrons. The number of thiazole rings is 2. The van der Waals surface area contributed by atoms with Crippen LogP contribution >= 0.6 is 34.4 Å². The first-order chi connectivity index (χ1) is 20.5. The first-order valence-electron chi connectivity index (χ1n) is 13.1. The van der Waals surface area contributed by atoms with Crippen molar-refractivity contribution in [2.45, 2.75) is 22.4 Å². The second kappa shape index (κ2) is 11.1. The van der Waals surface area contributed by atoms with Gasteiger partial charge in [0.2, 0.25) is 0 Å². The highest BCUT2D eigenvalue weighted by Crippen LogP contribution is 2.35. The van der Waals surface area contributed by atoms with Crippen molar-refractivity contribution in [2.75, 3.05) is 5.32 Å². The van der Waals surface area contributed by atoms with Gasteiger partial charge in [0.25, 0.3) is 11.5 Å². The molecule has 7 nitrogen and oxygen atoms in total. The fraction of sp³-hybridized carbons (Fsp3) is 0.0625. The number of hydrogen-bond acceptors (Lipinski definition) is 8. The second-order valence-electron chi connectivity index (χ2n) is 9.52. The summed E-state index contributed by atoms with van der Waals surface area (Å²) in [5.41, 5.74) is 3.21. The van der Waals surface area contributed by atoms with Crippen molar-refractivity contribution in [1.82, 2.24) is 9.55 Å². The molecule has 0 saturated carbocycles. The predicted octanol–water partition coefficient (Wildman–Crippen LogP) is 6.23. The summed E-state index contributed by atoms with van der Waals surface area (Å²) < 4.78 is 10.1.